The molecule has 0 spiro atoms. The predicted molar refractivity (Wildman–Crippen MR) is 48.0 cm³/mol. The van der Waals surface area contributed by atoms with Crippen LogP contribution in [0.15, 0.2) is 18.3 Å². The zero-order valence-electron chi connectivity index (χ0n) is 6.41. The fraction of sp³-hybridized carbons (Fsp3) is 0.250. The van der Waals surface area contributed by atoms with Gasteiger partial charge < -0.3 is 9.72 Å². The van der Waals surface area contributed by atoms with Gasteiger partial charge in [-0.25, -0.2) is 4.98 Å². The monoisotopic (exact) mass is 180 g/mol. The van der Waals surface area contributed by atoms with Crippen molar-refractivity contribution >= 4 is 18.0 Å². The van der Waals surface area contributed by atoms with Crippen LogP contribution in [0.2, 0.25) is 0 Å². The summed E-state index contributed by atoms with van der Waals surface area (Å²) in [5.41, 5.74) is 0.910. The van der Waals surface area contributed by atoms with Gasteiger partial charge in [0.1, 0.15) is 5.76 Å². The first-order valence-electron chi connectivity index (χ1n) is 3.75. The lowest BCUT2D eigenvalue weighted by Crippen LogP contribution is -1.91. The molecule has 0 aliphatic carbocycles. The number of hydrogen-bond donors (Lipinski definition) is 1. The lowest BCUT2D eigenvalue weighted by Gasteiger charge is -2.01. The second-order valence-corrected chi connectivity index (χ2v) is 2.88. The van der Waals surface area contributed by atoms with Crippen molar-refractivity contribution in [1.29, 1.82) is 0 Å². The molecule has 0 fully saturated rings. The summed E-state index contributed by atoms with van der Waals surface area (Å²) in [6.45, 7) is 0.762. The number of ether oxygens (including phenoxy) is 1. The summed E-state index contributed by atoms with van der Waals surface area (Å²) in [7, 11) is 0. The molecule has 0 saturated heterocycles. The summed E-state index contributed by atoms with van der Waals surface area (Å²) in [5.74, 6) is 0.878. The summed E-state index contributed by atoms with van der Waals surface area (Å²) >= 11 is 4.89. The Balaban J connectivity index is 2.39. The highest BCUT2D eigenvalue weighted by Crippen LogP contribution is 2.18. The van der Waals surface area contributed by atoms with Gasteiger partial charge in [-0.15, -0.1) is 0 Å². The van der Waals surface area contributed by atoms with E-state index in [4.69, 9.17) is 17.0 Å². The van der Waals surface area contributed by atoms with Gasteiger partial charge in [0.05, 0.1) is 12.3 Å². The second-order valence-electron chi connectivity index (χ2n) is 2.49. The molecule has 0 radical (unpaired) electrons. The maximum atomic E-state index is 5.35. The Morgan fingerprint density at radius 1 is 1.58 bits per heavy atom. The van der Waals surface area contributed by atoms with Crippen LogP contribution in [0.3, 0.4) is 0 Å². The highest BCUT2D eigenvalue weighted by atomic mass is 32.1. The molecule has 1 aromatic rings. The molecule has 0 aromatic carbocycles. The molecule has 0 unspecified atom stereocenters. The van der Waals surface area contributed by atoms with E-state index in [1.54, 1.807) is 6.20 Å². The van der Waals surface area contributed by atoms with E-state index >= 15 is 0 Å². The molecule has 1 aliphatic heterocycles. The SMILES string of the molecule is S=c1nccc(C2=CCCO2)[nH]1. The second kappa shape index (κ2) is 3.06. The topological polar surface area (TPSA) is 37.9 Å². The van der Waals surface area contributed by atoms with Gasteiger partial charge in [-0.05, 0) is 24.4 Å². The van der Waals surface area contributed by atoms with Gasteiger partial charge in [0.2, 0.25) is 0 Å². The zero-order chi connectivity index (χ0) is 8.39. The highest BCUT2D eigenvalue weighted by Gasteiger charge is 2.07. The van der Waals surface area contributed by atoms with Crippen molar-refractivity contribution < 1.29 is 4.74 Å². The van der Waals surface area contributed by atoms with Crippen molar-refractivity contribution in [3.63, 3.8) is 0 Å². The quantitative estimate of drug-likeness (QED) is 0.671. The van der Waals surface area contributed by atoms with Crippen molar-refractivity contribution in [3.05, 3.63) is 28.8 Å². The van der Waals surface area contributed by atoms with Crippen molar-refractivity contribution in [1.82, 2.24) is 9.97 Å². The van der Waals surface area contributed by atoms with Gasteiger partial charge in [0.25, 0.3) is 0 Å². The highest BCUT2D eigenvalue weighted by molar-refractivity contribution is 7.71. The van der Waals surface area contributed by atoms with Crippen LogP contribution < -0.4 is 0 Å². The normalized spacial score (nSPS) is 15.5. The first kappa shape index (κ1) is 7.49. The van der Waals surface area contributed by atoms with Gasteiger partial charge in [-0.2, -0.15) is 0 Å². The Hall–Kier alpha value is -1.16. The summed E-state index contributed by atoms with van der Waals surface area (Å²) in [4.78, 5) is 6.85. The number of nitrogens with zero attached hydrogens (tertiary/aromatic N) is 1. The van der Waals surface area contributed by atoms with Crippen LogP contribution in [0.25, 0.3) is 5.76 Å². The van der Waals surface area contributed by atoms with E-state index < -0.39 is 0 Å². The van der Waals surface area contributed by atoms with Crippen molar-refractivity contribution in [2.45, 2.75) is 6.42 Å². The summed E-state index contributed by atoms with van der Waals surface area (Å²) < 4.78 is 5.84. The number of aromatic nitrogens is 2. The van der Waals surface area contributed by atoms with E-state index in [-0.39, 0.29) is 0 Å². The van der Waals surface area contributed by atoms with Gasteiger partial charge in [0, 0.05) is 12.6 Å². The first-order valence-corrected chi connectivity index (χ1v) is 4.16. The lowest BCUT2D eigenvalue weighted by atomic mass is 10.3. The number of rotatable bonds is 1. The standard InChI is InChI=1S/C8H8N2OS/c12-8-9-4-3-6(10-8)7-2-1-5-11-7/h2-4H,1,5H2,(H,9,10,12). The fourth-order valence-corrected chi connectivity index (χ4v) is 1.29. The summed E-state index contributed by atoms with van der Waals surface area (Å²) in [5, 5.41) is 0. The van der Waals surface area contributed by atoms with E-state index in [2.05, 4.69) is 9.97 Å². The third kappa shape index (κ3) is 1.38. The molecule has 0 amide bonds. The summed E-state index contributed by atoms with van der Waals surface area (Å²) in [6.07, 6.45) is 4.69. The molecule has 62 valence electrons. The Bertz CT molecular complexity index is 369. The van der Waals surface area contributed by atoms with E-state index in [0.29, 0.717) is 4.77 Å². The minimum Gasteiger partial charge on any atom is -0.491 e. The molecule has 1 aliphatic rings. The third-order valence-corrected chi connectivity index (χ3v) is 1.85. The van der Waals surface area contributed by atoms with Gasteiger partial charge in [-0.1, -0.05) is 0 Å². The number of hydrogen-bond acceptors (Lipinski definition) is 3. The Labute approximate surface area is 75.1 Å². The number of H-pyrrole nitrogens is 1. The number of aromatic amines is 1. The smallest absolute Gasteiger partial charge is 0.197 e. The molecular formula is C8H8N2OS. The molecule has 2 heterocycles. The first-order chi connectivity index (χ1) is 5.86. The van der Waals surface area contributed by atoms with E-state index in [9.17, 15) is 0 Å². The molecule has 12 heavy (non-hydrogen) atoms. The minimum absolute atomic E-state index is 0.490. The van der Waals surface area contributed by atoms with Crippen LogP contribution in [0, 0.1) is 4.77 Å². The largest absolute Gasteiger partial charge is 0.491 e. The molecule has 0 bridgehead atoms. The zero-order valence-corrected chi connectivity index (χ0v) is 7.23. The fourth-order valence-electron chi connectivity index (χ4n) is 1.12. The van der Waals surface area contributed by atoms with Crippen molar-refractivity contribution in [2.75, 3.05) is 6.61 Å². The van der Waals surface area contributed by atoms with Crippen molar-refractivity contribution in [3.8, 4) is 0 Å². The maximum absolute atomic E-state index is 5.35. The lowest BCUT2D eigenvalue weighted by molar-refractivity contribution is 0.306. The Morgan fingerprint density at radius 2 is 2.50 bits per heavy atom. The third-order valence-electron chi connectivity index (χ3n) is 1.65. The van der Waals surface area contributed by atoms with Crippen LogP contribution in [0.4, 0.5) is 0 Å². The molecular weight excluding hydrogens is 172 g/mol. The predicted octanol–water partition coefficient (Wildman–Crippen LogP) is 1.90. The molecule has 3 nitrogen and oxygen atoms in total. The molecule has 0 saturated carbocycles. The van der Waals surface area contributed by atoms with Gasteiger partial charge >= 0.3 is 0 Å². The van der Waals surface area contributed by atoms with Gasteiger partial charge in [0.15, 0.2) is 4.77 Å². The van der Waals surface area contributed by atoms with Crippen LogP contribution in [0.1, 0.15) is 12.1 Å². The van der Waals surface area contributed by atoms with Crippen LogP contribution in [0.5, 0.6) is 0 Å². The Morgan fingerprint density at radius 3 is 3.17 bits per heavy atom. The minimum atomic E-state index is 0.490. The number of nitrogens with one attached hydrogen (secondary N) is 1. The van der Waals surface area contributed by atoms with Gasteiger partial charge in [-0.3, -0.25) is 0 Å². The van der Waals surface area contributed by atoms with Crippen LogP contribution in [-0.2, 0) is 4.74 Å². The molecule has 2 rings (SSSR count). The van der Waals surface area contributed by atoms with E-state index in [1.807, 2.05) is 12.1 Å². The van der Waals surface area contributed by atoms with Crippen LogP contribution >= 0.6 is 12.2 Å². The average Bonchev–Trinajstić information content (AvgIpc) is 2.56. The maximum Gasteiger partial charge on any atom is 0.197 e. The van der Waals surface area contributed by atoms with E-state index in [1.165, 1.54) is 0 Å². The van der Waals surface area contributed by atoms with Crippen molar-refractivity contribution in [2.24, 2.45) is 0 Å². The Kier molecular flexibility index (Phi) is 1.91. The molecule has 1 aromatic heterocycles. The van der Waals surface area contributed by atoms with E-state index in [0.717, 1.165) is 24.5 Å². The summed E-state index contributed by atoms with van der Waals surface area (Å²) in [6, 6.07) is 1.85. The van der Waals surface area contributed by atoms with Crippen LogP contribution in [-0.4, -0.2) is 16.6 Å². The average molecular weight is 180 g/mol. The molecule has 1 N–H and O–H groups in total. The molecule has 0 atom stereocenters. The molecule has 4 heteroatoms.